The van der Waals surface area contributed by atoms with Gasteiger partial charge in [-0.05, 0) is 23.4 Å². The maximum absolute atomic E-state index is 12.5. The van der Waals surface area contributed by atoms with E-state index in [0.717, 1.165) is 12.1 Å². The number of nitrogens with zero attached hydrogens (tertiary/aromatic N) is 3. The van der Waals surface area contributed by atoms with Gasteiger partial charge in [0, 0.05) is 10.7 Å². The molecule has 1 aromatic heterocycles. The third-order valence-corrected chi connectivity index (χ3v) is 2.25. The van der Waals surface area contributed by atoms with Crippen LogP contribution in [0.15, 0.2) is 18.2 Å². The van der Waals surface area contributed by atoms with Gasteiger partial charge in [-0.25, -0.2) is 0 Å². The molecule has 19 heavy (non-hydrogen) atoms. The van der Waals surface area contributed by atoms with Crippen LogP contribution in [0.5, 0.6) is 0 Å². The van der Waals surface area contributed by atoms with E-state index in [2.05, 4.69) is 25.9 Å². The quantitative estimate of drug-likeness (QED) is 0.888. The van der Waals surface area contributed by atoms with Gasteiger partial charge < -0.3 is 5.32 Å². The molecule has 0 unspecified atom stereocenters. The lowest BCUT2D eigenvalue weighted by Crippen LogP contribution is -2.15. The molecule has 6 nitrogen and oxygen atoms in total. The Morgan fingerprint density at radius 3 is 2.63 bits per heavy atom. The first kappa shape index (κ1) is 13.3. The zero-order valence-electron chi connectivity index (χ0n) is 8.99. The van der Waals surface area contributed by atoms with Crippen molar-refractivity contribution in [2.24, 2.45) is 0 Å². The summed E-state index contributed by atoms with van der Waals surface area (Å²) in [7, 11) is 0. The number of halogens is 4. The molecule has 0 aliphatic heterocycles. The molecule has 0 bridgehead atoms. The summed E-state index contributed by atoms with van der Waals surface area (Å²) in [5.41, 5.74) is -1.09. The predicted octanol–water partition coefficient (Wildman–Crippen LogP) is 2.12. The molecule has 0 saturated heterocycles. The first-order valence-corrected chi connectivity index (χ1v) is 5.16. The molecule has 2 aromatic rings. The van der Waals surface area contributed by atoms with E-state index in [1.54, 1.807) is 0 Å². The lowest BCUT2D eigenvalue weighted by molar-refractivity contribution is -0.137. The first-order chi connectivity index (χ1) is 8.86. The molecule has 2 rings (SSSR count). The number of tetrazole rings is 1. The zero-order chi connectivity index (χ0) is 14.0. The fraction of sp³-hybridized carbons (Fsp3) is 0.111. The predicted molar refractivity (Wildman–Crippen MR) is 58.6 cm³/mol. The van der Waals surface area contributed by atoms with Gasteiger partial charge in [0.1, 0.15) is 0 Å². The van der Waals surface area contributed by atoms with Crippen molar-refractivity contribution < 1.29 is 18.0 Å². The normalized spacial score (nSPS) is 11.4. The van der Waals surface area contributed by atoms with E-state index >= 15 is 0 Å². The number of hydrogen-bond acceptors (Lipinski definition) is 4. The minimum Gasteiger partial charge on any atom is -0.319 e. The fourth-order valence-electron chi connectivity index (χ4n) is 1.27. The lowest BCUT2D eigenvalue weighted by Gasteiger charge is -2.10. The SMILES string of the molecule is O=C(Nc1cc(Cl)cc(C(F)(F)F)c1)c1nn[nH]n1. The van der Waals surface area contributed by atoms with Crippen molar-refractivity contribution in [1.82, 2.24) is 20.6 Å². The van der Waals surface area contributed by atoms with Crippen LogP contribution in [0.3, 0.4) is 0 Å². The van der Waals surface area contributed by atoms with Gasteiger partial charge in [-0.1, -0.05) is 11.6 Å². The largest absolute Gasteiger partial charge is 0.416 e. The van der Waals surface area contributed by atoms with E-state index < -0.39 is 17.6 Å². The topological polar surface area (TPSA) is 83.6 Å². The maximum Gasteiger partial charge on any atom is 0.416 e. The van der Waals surface area contributed by atoms with Crippen molar-refractivity contribution in [3.8, 4) is 0 Å². The van der Waals surface area contributed by atoms with Crippen molar-refractivity contribution in [3.05, 3.63) is 34.6 Å². The Bertz CT molecular complexity index is 598. The van der Waals surface area contributed by atoms with Crippen LogP contribution in [-0.2, 0) is 6.18 Å². The highest BCUT2D eigenvalue weighted by Gasteiger charge is 2.31. The molecule has 0 aliphatic carbocycles. The second-order valence-electron chi connectivity index (χ2n) is 3.42. The highest BCUT2D eigenvalue weighted by Crippen LogP contribution is 2.33. The Hall–Kier alpha value is -2.16. The van der Waals surface area contributed by atoms with E-state index in [0.29, 0.717) is 0 Å². The number of alkyl halides is 3. The molecular weight excluding hydrogens is 287 g/mol. The first-order valence-electron chi connectivity index (χ1n) is 4.79. The van der Waals surface area contributed by atoms with Gasteiger partial charge in [0.25, 0.3) is 11.7 Å². The number of carbonyl (C=O) groups is 1. The smallest absolute Gasteiger partial charge is 0.319 e. The van der Waals surface area contributed by atoms with Gasteiger partial charge in [-0.2, -0.15) is 18.4 Å². The molecular formula is C9H5ClF3N5O. The van der Waals surface area contributed by atoms with Crippen LogP contribution in [0, 0.1) is 0 Å². The molecule has 0 spiro atoms. The number of amides is 1. The van der Waals surface area contributed by atoms with Gasteiger partial charge in [0.05, 0.1) is 5.56 Å². The van der Waals surface area contributed by atoms with E-state index in [1.165, 1.54) is 6.07 Å². The van der Waals surface area contributed by atoms with Crippen LogP contribution in [0.4, 0.5) is 18.9 Å². The van der Waals surface area contributed by atoms with Crippen LogP contribution in [0.25, 0.3) is 0 Å². The molecule has 1 amide bonds. The lowest BCUT2D eigenvalue weighted by atomic mass is 10.2. The van der Waals surface area contributed by atoms with Crippen LogP contribution >= 0.6 is 11.6 Å². The van der Waals surface area contributed by atoms with Gasteiger partial charge >= 0.3 is 6.18 Å². The summed E-state index contributed by atoms with van der Waals surface area (Å²) in [6.45, 7) is 0. The molecule has 10 heteroatoms. The second-order valence-corrected chi connectivity index (χ2v) is 3.85. The number of aromatic nitrogens is 4. The van der Waals surface area contributed by atoms with Crippen molar-refractivity contribution in [1.29, 1.82) is 0 Å². The Balaban J connectivity index is 2.26. The summed E-state index contributed by atoms with van der Waals surface area (Å²) >= 11 is 5.56. The molecule has 1 aromatic carbocycles. The highest BCUT2D eigenvalue weighted by molar-refractivity contribution is 6.31. The summed E-state index contributed by atoms with van der Waals surface area (Å²) in [4.78, 5) is 11.5. The van der Waals surface area contributed by atoms with Gasteiger partial charge in [0.2, 0.25) is 0 Å². The molecule has 0 fully saturated rings. The number of hydrogen-bond donors (Lipinski definition) is 2. The number of aromatic amines is 1. The Kier molecular flexibility index (Phi) is 3.38. The Labute approximate surface area is 109 Å². The van der Waals surface area contributed by atoms with Crippen LogP contribution in [0.1, 0.15) is 16.2 Å². The average Bonchev–Trinajstić information content (AvgIpc) is 2.80. The Morgan fingerprint density at radius 2 is 2.05 bits per heavy atom. The van der Waals surface area contributed by atoms with E-state index in [9.17, 15) is 18.0 Å². The fourth-order valence-corrected chi connectivity index (χ4v) is 1.51. The number of H-pyrrole nitrogens is 1. The summed E-state index contributed by atoms with van der Waals surface area (Å²) < 4.78 is 37.6. The molecule has 1 heterocycles. The molecule has 2 N–H and O–H groups in total. The van der Waals surface area contributed by atoms with Gasteiger partial charge in [-0.3, -0.25) is 4.79 Å². The third kappa shape index (κ3) is 3.19. The number of nitrogens with one attached hydrogen (secondary N) is 2. The molecule has 0 aliphatic rings. The van der Waals surface area contributed by atoms with Crippen LogP contribution < -0.4 is 5.32 Å². The van der Waals surface area contributed by atoms with Crippen molar-refractivity contribution in [3.63, 3.8) is 0 Å². The molecule has 0 atom stereocenters. The standard InChI is InChI=1S/C9H5ClF3N5O/c10-5-1-4(9(11,12)13)2-6(3-5)14-8(19)7-15-17-18-16-7/h1-3H,(H,14,19)(H,15,16,17,18). The highest BCUT2D eigenvalue weighted by atomic mass is 35.5. The number of rotatable bonds is 2. The summed E-state index contributed by atoms with van der Waals surface area (Å²) in [5.74, 6) is -1.10. The van der Waals surface area contributed by atoms with E-state index in [1.807, 2.05) is 0 Å². The number of anilines is 1. The minimum absolute atomic E-state index is 0.116. The van der Waals surface area contributed by atoms with Crippen molar-refractivity contribution >= 4 is 23.2 Å². The van der Waals surface area contributed by atoms with Crippen LogP contribution in [-0.4, -0.2) is 26.5 Å². The number of benzene rings is 1. The summed E-state index contributed by atoms with van der Waals surface area (Å²) in [6.07, 6.45) is -4.56. The Morgan fingerprint density at radius 1 is 1.32 bits per heavy atom. The molecule has 0 saturated carbocycles. The van der Waals surface area contributed by atoms with E-state index in [4.69, 9.17) is 11.6 Å². The third-order valence-electron chi connectivity index (χ3n) is 2.03. The van der Waals surface area contributed by atoms with Gasteiger partial charge in [0.15, 0.2) is 0 Å². The van der Waals surface area contributed by atoms with E-state index in [-0.39, 0.29) is 16.5 Å². The number of carbonyl (C=O) groups excluding carboxylic acids is 1. The second kappa shape index (κ2) is 4.84. The summed E-state index contributed by atoms with van der Waals surface area (Å²) in [5, 5.41) is 14.0. The summed E-state index contributed by atoms with van der Waals surface area (Å²) in [6, 6.07) is 2.68. The zero-order valence-corrected chi connectivity index (χ0v) is 9.75. The molecule has 0 radical (unpaired) electrons. The van der Waals surface area contributed by atoms with Crippen molar-refractivity contribution in [2.75, 3.05) is 5.32 Å². The minimum atomic E-state index is -4.56. The van der Waals surface area contributed by atoms with Crippen molar-refractivity contribution in [2.45, 2.75) is 6.18 Å². The monoisotopic (exact) mass is 291 g/mol. The van der Waals surface area contributed by atoms with Gasteiger partial charge in [-0.15, -0.1) is 10.2 Å². The molecule has 100 valence electrons. The van der Waals surface area contributed by atoms with Crippen LogP contribution in [0.2, 0.25) is 5.02 Å². The maximum atomic E-state index is 12.5. The average molecular weight is 292 g/mol.